The summed E-state index contributed by atoms with van der Waals surface area (Å²) in [4.78, 5) is 12.7. The minimum atomic E-state index is -0.645. The van der Waals surface area contributed by atoms with Crippen molar-refractivity contribution >= 4 is 43.4 Å². The van der Waals surface area contributed by atoms with Gasteiger partial charge in [0.25, 0.3) is 5.91 Å². The molecule has 0 aliphatic rings. The lowest BCUT2D eigenvalue weighted by Crippen LogP contribution is -2.25. The number of nitrogens with zero attached hydrogens (tertiary/aromatic N) is 1. The van der Waals surface area contributed by atoms with Crippen molar-refractivity contribution in [2.75, 3.05) is 0 Å². The third-order valence-electron chi connectivity index (χ3n) is 4.14. The number of benzene rings is 1. The Hall–Kier alpha value is -2.45. The molecule has 3 aromatic heterocycles. The maximum Gasteiger partial charge on any atom is 0.268 e. The predicted octanol–water partition coefficient (Wildman–Crippen LogP) is 5.31. The summed E-state index contributed by atoms with van der Waals surface area (Å²) in [5, 5.41) is 2.80. The molecule has 4 rings (SSSR count). The Morgan fingerprint density at radius 1 is 1.22 bits per heavy atom. The van der Waals surface area contributed by atoms with Crippen LogP contribution in [0.1, 0.15) is 21.8 Å². The monoisotopic (exact) mass is 450 g/mol. The highest BCUT2D eigenvalue weighted by Crippen LogP contribution is 2.33. The van der Waals surface area contributed by atoms with Crippen molar-refractivity contribution in [3.05, 3.63) is 81.2 Å². The van der Waals surface area contributed by atoms with E-state index in [1.807, 2.05) is 6.07 Å². The summed E-state index contributed by atoms with van der Waals surface area (Å²) in [6.07, 6.45) is 1.54. The summed E-state index contributed by atoms with van der Waals surface area (Å²) >= 11 is 4.92. The molecule has 0 saturated heterocycles. The Morgan fingerprint density at radius 3 is 2.81 bits per heavy atom. The molecular weight excluding hydrogens is 438 g/mol. The highest BCUT2D eigenvalue weighted by Gasteiger charge is 2.19. The largest absolute Gasteiger partial charge is 0.467 e. The number of furan rings is 1. The number of halogens is 3. The van der Waals surface area contributed by atoms with Gasteiger partial charge in [-0.1, -0.05) is 6.07 Å². The molecule has 27 heavy (non-hydrogen) atoms. The van der Waals surface area contributed by atoms with Crippen molar-refractivity contribution in [1.82, 2.24) is 9.88 Å². The zero-order valence-electron chi connectivity index (χ0n) is 13.8. The molecule has 0 bridgehead atoms. The van der Waals surface area contributed by atoms with Crippen LogP contribution in [-0.2, 0) is 13.1 Å². The van der Waals surface area contributed by atoms with Crippen LogP contribution in [0.4, 0.5) is 8.78 Å². The summed E-state index contributed by atoms with van der Waals surface area (Å²) in [7, 11) is 0. The maximum absolute atomic E-state index is 14.1. The quantitative estimate of drug-likeness (QED) is 0.447. The molecule has 8 heteroatoms. The van der Waals surface area contributed by atoms with Crippen molar-refractivity contribution in [3.63, 3.8) is 0 Å². The Labute approximate surface area is 165 Å². The van der Waals surface area contributed by atoms with Gasteiger partial charge in [-0.25, -0.2) is 8.78 Å². The predicted molar refractivity (Wildman–Crippen MR) is 103 cm³/mol. The van der Waals surface area contributed by atoms with E-state index in [1.54, 1.807) is 22.8 Å². The number of thiophene rings is 1. The Morgan fingerprint density at radius 2 is 2.07 bits per heavy atom. The van der Waals surface area contributed by atoms with E-state index in [-0.39, 0.29) is 19.0 Å². The first-order valence-corrected chi connectivity index (χ1v) is 9.65. The molecule has 0 unspecified atom stereocenters. The maximum atomic E-state index is 14.1. The first-order chi connectivity index (χ1) is 13.0. The molecule has 1 aromatic carbocycles. The molecule has 1 N–H and O–H groups in total. The molecule has 0 spiro atoms. The lowest BCUT2D eigenvalue weighted by molar-refractivity contribution is 0.0939. The molecule has 1 amide bonds. The lowest BCUT2D eigenvalue weighted by Gasteiger charge is -2.11. The van der Waals surface area contributed by atoms with E-state index in [2.05, 4.69) is 21.2 Å². The first kappa shape index (κ1) is 17.9. The molecule has 4 aromatic rings. The number of nitrogens with one attached hydrogen (secondary N) is 1. The summed E-state index contributed by atoms with van der Waals surface area (Å²) in [5.41, 5.74) is 1.51. The normalized spacial score (nSPS) is 11.2. The van der Waals surface area contributed by atoms with Gasteiger partial charge in [0.05, 0.1) is 33.4 Å². The van der Waals surface area contributed by atoms with Gasteiger partial charge in [0.2, 0.25) is 0 Å². The fourth-order valence-corrected chi connectivity index (χ4v) is 4.43. The van der Waals surface area contributed by atoms with Crippen LogP contribution >= 0.6 is 27.3 Å². The van der Waals surface area contributed by atoms with Gasteiger partial charge in [-0.3, -0.25) is 4.79 Å². The van der Waals surface area contributed by atoms with E-state index < -0.39 is 11.6 Å². The smallest absolute Gasteiger partial charge is 0.268 e. The minimum Gasteiger partial charge on any atom is -0.467 e. The summed E-state index contributed by atoms with van der Waals surface area (Å²) < 4.78 is 36.1. The average molecular weight is 451 g/mol. The van der Waals surface area contributed by atoms with Crippen LogP contribution in [0.5, 0.6) is 0 Å². The lowest BCUT2D eigenvalue weighted by atomic mass is 10.2. The van der Waals surface area contributed by atoms with Crippen LogP contribution in [0.15, 0.2) is 56.9 Å². The van der Waals surface area contributed by atoms with E-state index in [0.717, 1.165) is 20.1 Å². The molecule has 0 aliphatic carbocycles. The van der Waals surface area contributed by atoms with Crippen LogP contribution in [0.2, 0.25) is 0 Å². The van der Waals surface area contributed by atoms with Gasteiger partial charge in [-0.2, -0.15) is 0 Å². The third-order valence-corrected chi connectivity index (χ3v) is 5.71. The Bertz CT molecular complexity index is 1120. The highest BCUT2D eigenvalue weighted by molar-refractivity contribution is 9.11. The van der Waals surface area contributed by atoms with Crippen LogP contribution in [0.3, 0.4) is 0 Å². The van der Waals surface area contributed by atoms with Crippen molar-refractivity contribution in [3.8, 4) is 0 Å². The number of fused-ring (bicyclic) bond motifs is 1. The molecule has 4 nitrogen and oxygen atoms in total. The van der Waals surface area contributed by atoms with Crippen molar-refractivity contribution in [2.45, 2.75) is 13.1 Å². The molecule has 0 saturated carbocycles. The molecule has 0 atom stereocenters. The second-order valence-electron chi connectivity index (χ2n) is 5.91. The van der Waals surface area contributed by atoms with Crippen LogP contribution in [-0.4, -0.2) is 10.5 Å². The standard InChI is InChI=1S/C19H13BrF2N2O2S/c20-18-8-15-17(27-18)7-16(19(25)23-9-13-2-1-5-26-13)24(15)10-11-3-4-12(21)6-14(11)22/h1-8H,9-10H2,(H,23,25). The second kappa shape index (κ2) is 7.28. The SMILES string of the molecule is O=C(NCc1ccco1)c1cc2sc(Br)cc2n1Cc1ccc(F)cc1F. The summed E-state index contributed by atoms with van der Waals surface area (Å²) in [6, 6.07) is 10.6. The zero-order valence-corrected chi connectivity index (χ0v) is 16.2. The molecule has 0 fully saturated rings. The number of carbonyl (C=O) groups is 1. The van der Waals surface area contributed by atoms with E-state index in [4.69, 9.17) is 4.42 Å². The van der Waals surface area contributed by atoms with E-state index in [9.17, 15) is 13.6 Å². The van der Waals surface area contributed by atoms with E-state index in [1.165, 1.54) is 29.7 Å². The number of aromatic nitrogens is 1. The highest BCUT2D eigenvalue weighted by atomic mass is 79.9. The first-order valence-electron chi connectivity index (χ1n) is 8.04. The van der Waals surface area contributed by atoms with Gasteiger partial charge in [0.1, 0.15) is 23.1 Å². The number of carbonyl (C=O) groups excluding carboxylic acids is 1. The zero-order chi connectivity index (χ0) is 19.0. The topological polar surface area (TPSA) is 47.2 Å². The second-order valence-corrected chi connectivity index (χ2v) is 8.38. The van der Waals surface area contributed by atoms with Gasteiger partial charge in [-0.15, -0.1) is 11.3 Å². The van der Waals surface area contributed by atoms with Crippen LogP contribution in [0.25, 0.3) is 10.2 Å². The number of rotatable bonds is 5. The van der Waals surface area contributed by atoms with Crippen molar-refractivity contribution in [1.29, 1.82) is 0 Å². The summed E-state index contributed by atoms with van der Waals surface area (Å²) in [6.45, 7) is 0.363. The molecule has 0 aliphatic heterocycles. The van der Waals surface area contributed by atoms with Gasteiger partial charge in [0, 0.05) is 11.6 Å². The van der Waals surface area contributed by atoms with E-state index >= 15 is 0 Å². The van der Waals surface area contributed by atoms with E-state index in [0.29, 0.717) is 17.0 Å². The van der Waals surface area contributed by atoms with Gasteiger partial charge in [0.15, 0.2) is 0 Å². The van der Waals surface area contributed by atoms with Crippen LogP contribution < -0.4 is 5.32 Å². The molecule has 138 valence electrons. The number of hydrogen-bond acceptors (Lipinski definition) is 3. The Balaban J connectivity index is 1.68. The van der Waals surface area contributed by atoms with Crippen molar-refractivity contribution in [2.24, 2.45) is 0 Å². The molecule has 0 radical (unpaired) electrons. The third kappa shape index (κ3) is 3.68. The number of amides is 1. The number of hydrogen-bond donors (Lipinski definition) is 1. The van der Waals surface area contributed by atoms with Gasteiger partial charge >= 0.3 is 0 Å². The molecular formula is C19H13BrF2N2O2S. The van der Waals surface area contributed by atoms with Gasteiger partial charge in [-0.05, 0) is 46.3 Å². The van der Waals surface area contributed by atoms with Crippen molar-refractivity contribution < 1.29 is 18.0 Å². The van der Waals surface area contributed by atoms with Gasteiger partial charge < -0.3 is 14.3 Å². The fourth-order valence-electron chi connectivity index (χ4n) is 2.86. The minimum absolute atomic E-state index is 0.113. The Kier molecular flexibility index (Phi) is 4.84. The summed E-state index contributed by atoms with van der Waals surface area (Å²) in [5.74, 6) is -0.944. The van der Waals surface area contributed by atoms with Crippen LogP contribution in [0, 0.1) is 11.6 Å². The fraction of sp³-hybridized carbons (Fsp3) is 0.105. The average Bonchev–Trinajstić information content (AvgIpc) is 3.32. The molecule has 3 heterocycles.